The summed E-state index contributed by atoms with van der Waals surface area (Å²) in [6.07, 6.45) is 3.58. The van der Waals surface area contributed by atoms with E-state index in [0.29, 0.717) is 11.5 Å². The number of pyridine rings is 2. The molecule has 4 heteroatoms. The van der Waals surface area contributed by atoms with Crippen molar-refractivity contribution in [2.45, 2.75) is 6.92 Å². The summed E-state index contributed by atoms with van der Waals surface area (Å²) in [5.74, 6) is 0.675. The van der Waals surface area contributed by atoms with Crippen LogP contribution in [0.5, 0.6) is 0 Å². The summed E-state index contributed by atoms with van der Waals surface area (Å²) in [7, 11) is 0. The molecule has 0 aliphatic heterocycles. The van der Waals surface area contributed by atoms with Crippen LogP contribution in [-0.2, 0) is 0 Å². The SMILES string of the molecule is Cc1cnc(Nc2ccc3ncccc3c2)c(N)c1. The highest BCUT2D eigenvalue weighted by Gasteiger charge is 2.02. The number of nitrogen functional groups attached to an aromatic ring is 1. The highest BCUT2D eigenvalue weighted by Crippen LogP contribution is 2.23. The first kappa shape index (κ1) is 11.5. The molecule has 3 aromatic rings. The Bertz CT molecular complexity index is 737. The van der Waals surface area contributed by atoms with E-state index in [1.807, 2.05) is 43.3 Å². The van der Waals surface area contributed by atoms with Crippen molar-refractivity contribution in [3.63, 3.8) is 0 Å². The fraction of sp³-hybridized carbons (Fsp3) is 0.0667. The molecule has 3 N–H and O–H groups in total. The zero-order chi connectivity index (χ0) is 13.2. The molecule has 2 aromatic heterocycles. The van der Waals surface area contributed by atoms with Gasteiger partial charge < -0.3 is 11.1 Å². The first-order valence-corrected chi connectivity index (χ1v) is 6.06. The molecule has 0 amide bonds. The maximum absolute atomic E-state index is 5.94. The van der Waals surface area contributed by atoms with E-state index >= 15 is 0 Å². The first-order chi connectivity index (χ1) is 9.22. The standard InChI is InChI=1S/C15H14N4/c1-10-7-13(16)15(18-9-10)19-12-4-5-14-11(8-12)3-2-6-17-14/h2-9H,16H2,1H3,(H,18,19). The van der Waals surface area contributed by atoms with Crippen LogP contribution in [-0.4, -0.2) is 9.97 Å². The van der Waals surface area contributed by atoms with Gasteiger partial charge >= 0.3 is 0 Å². The van der Waals surface area contributed by atoms with Crippen LogP contribution in [0, 0.1) is 6.92 Å². The third-order valence-electron chi connectivity index (χ3n) is 2.92. The highest BCUT2D eigenvalue weighted by atomic mass is 15.0. The van der Waals surface area contributed by atoms with Gasteiger partial charge in [-0.1, -0.05) is 6.07 Å². The number of nitrogens with zero attached hydrogens (tertiary/aromatic N) is 2. The van der Waals surface area contributed by atoms with Gasteiger partial charge in [-0.2, -0.15) is 0 Å². The van der Waals surface area contributed by atoms with Crippen molar-refractivity contribution in [2.75, 3.05) is 11.1 Å². The van der Waals surface area contributed by atoms with E-state index in [-0.39, 0.29) is 0 Å². The number of rotatable bonds is 2. The van der Waals surface area contributed by atoms with Gasteiger partial charge in [-0.05, 0) is 42.8 Å². The summed E-state index contributed by atoms with van der Waals surface area (Å²) in [5, 5.41) is 4.31. The smallest absolute Gasteiger partial charge is 0.153 e. The van der Waals surface area contributed by atoms with Gasteiger partial charge in [-0.15, -0.1) is 0 Å². The van der Waals surface area contributed by atoms with E-state index in [1.54, 1.807) is 12.4 Å². The van der Waals surface area contributed by atoms with E-state index in [0.717, 1.165) is 22.2 Å². The maximum atomic E-state index is 5.94. The second kappa shape index (κ2) is 4.57. The van der Waals surface area contributed by atoms with Crippen LogP contribution >= 0.6 is 0 Å². The molecule has 0 bridgehead atoms. The first-order valence-electron chi connectivity index (χ1n) is 6.06. The normalized spacial score (nSPS) is 10.6. The number of nitrogens with one attached hydrogen (secondary N) is 1. The molecule has 4 nitrogen and oxygen atoms in total. The molecule has 0 unspecified atom stereocenters. The molecular weight excluding hydrogens is 236 g/mol. The zero-order valence-corrected chi connectivity index (χ0v) is 10.6. The van der Waals surface area contributed by atoms with Gasteiger partial charge in [-0.25, -0.2) is 4.98 Å². The quantitative estimate of drug-likeness (QED) is 0.732. The number of nitrogens with two attached hydrogens (primary N) is 1. The molecule has 19 heavy (non-hydrogen) atoms. The van der Waals surface area contributed by atoms with Gasteiger partial charge in [0.2, 0.25) is 0 Å². The molecule has 0 radical (unpaired) electrons. The number of hydrogen-bond donors (Lipinski definition) is 2. The lowest BCUT2D eigenvalue weighted by Gasteiger charge is -2.09. The lowest BCUT2D eigenvalue weighted by Crippen LogP contribution is -1.99. The van der Waals surface area contributed by atoms with Crippen LogP contribution in [0.25, 0.3) is 10.9 Å². The van der Waals surface area contributed by atoms with Crippen LogP contribution in [0.1, 0.15) is 5.56 Å². The van der Waals surface area contributed by atoms with Gasteiger partial charge in [0, 0.05) is 23.5 Å². The van der Waals surface area contributed by atoms with Crippen molar-refractivity contribution in [2.24, 2.45) is 0 Å². The Balaban J connectivity index is 1.96. The molecule has 0 aliphatic carbocycles. The molecule has 3 rings (SSSR count). The van der Waals surface area contributed by atoms with Gasteiger partial charge in [0.05, 0.1) is 11.2 Å². The van der Waals surface area contributed by atoms with Crippen molar-refractivity contribution in [3.05, 3.63) is 54.4 Å². The Morgan fingerprint density at radius 1 is 1.11 bits per heavy atom. The van der Waals surface area contributed by atoms with E-state index in [1.165, 1.54) is 0 Å². The molecule has 0 atom stereocenters. The summed E-state index contributed by atoms with van der Waals surface area (Å²) < 4.78 is 0. The van der Waals surface area contributed by atoms with E-state index < -0.39 is 0 Å². The number of aryl methyl sites for hydroxylation is 1. The number of anilines is 3. The third kappa shape index (κ3) is 2.33. The van der Waals surface area contributed by atoms with Gasteiger partial charge in [0.25, 0.3) is 0 Å². The van der Waals surface area contributed by atoms with E-state index in [2.05, 4.69) is 15.3 Å². The second-order valence-electron chi connectivity index (χ2n) is 4.49. The fourth-order valence-corrected chi connectivity index (χ4v) is 1.99. The topological polar surface area (TPSA) is 63.8 Å². The molecular formula is C15H14N4. The molecule has 0 saturated heterocycles. The predicted molar refractivity (Wildman–Crippen MR) is 78.4 cm³/mol. The van der Waals surface area contributed by atoms with Crippen molar-refractivity contribution < 1.29 is 0 Å². The van der Waals surface area contributed by atoms with Crippen molar-refractivity contribution in [1.82, 2.24) is 9.97 Å². The van der Waals surface area contributed by atoms with Crippen LogP contribution < -0.4 is 11.1 Å². The van der Waals surface area contributed by atoms with Crippen molar-refractivity contribution in [1.29, 1.82) is 0 Å². The summed E-state index contributed by atoms with van der Waals surface area (Å²) in [6, 6.07) is 11.8. The average molecular weight is 250 g/mol. The van der Waals surface area contributed by atoms with Crippen LogP contribution in [0.4, 0.5) is 17.2 Å². The van der Waals surface area contributed by atoms with Gasteiger partial charge in [0.1, 0.15) is 0 Å². The monoisotopic (exact) mass is 250 g/mol. The Kier molecular flexibility index (Phi) is 2.76. The number of benzene rings is 1. The Hall–Kier alpha value is -2.62. The molecule has 0 aliphatic rings. The predicted octanol–water partition coefficient (Wildman–Crippen LogP) is 3.26. The Morgan fingerprint density at radius 2 is 2.00 bits per heavy atom. The van der Waals surface area contributed by atoms with E-state index in [9.17, 15) is 0 Å². The van der Waals surface area contributed by atoms with Crippen LogP contribution in [0.15, 0.2) is 48.8 Å². The summed E-state index contributed by atoms with van der Waals surface area (Å²) in [4.78, 5) is 8.59. The van der Waals surface area contributed by atoms with Crippen molar-refractivity contribution >= 4 is 28.1 Å². The van der Waals surface area contributed by atoms with Crippen LogP contribution in [0.2, 0.25) is 0 Å². The minimum atomic E-state index is 0.645. The van der Waals surface area contributed by atoms with Gasteiger partial charge in [-0.3, -0.25) is 4.98 Å². The largest absolute Gasteiger partial charge is 0.396 e. The minimum absolute atomic E-state index is 0.645. The summed E-state index contributed by atoms with van der Waals surface area (Å²) >= 11 is 0. The molecule has 0 spiro atoms. The third-order valence-corrected chi connectivity index (χ3v) is 2.92. The summed E-state index contributed by atoms with van der Waals surface area (Å²) in [5.41, 5.74) is 9.55. The average Bonchev–Trinajstić information content (AvgIpc) is 2.42. The Labute approximate surface area is 111 Å². The highest BCUT2D eigenvalue weighted by molar-refractivity contribution is 5.83. The van der Waals surface area contributed by atoms with E-state index in [4.69, 9.17) is 5.73 Å². The molecule has 94 valence electrons. The number of hydrogen-bond acceptors (Lipinski definition) is 4. The fourth-order valence-electron chi connectivity index (χ4n) is 1.99. The second-order valence-corrected chi connectivity index (χ2v) is 4.49. The maximum Gasteiger partial charge on any atom is 0.153 e. The number of fused-ring (bicyclic) bond motifs is 1. The Morgan fingerprint density at radius 3 is 2.84 bits per heavy atom. The molecule has 0 saturated carbocycles. The summed E-state index contributed by atoms with van der Waals surface area (Å²) in [6.45, 7) is 1.97. The molecule has 1 aromatic carbocycles. The van der Waals surface area contributed by atoms with Crippen molar-refractivity contribution in [3.8, 4) is 0 Å². The molecule has 2 heterocycles. The van der Waals surface area contributed by atoms with Gasteiger partial charge in [0.15, 0.2) is 5.82 Å². The zero-order valence-electron chi connectivity index (χ0n) is 10.6. The van der Waals surface area contributed by atoms with Crippen LogP contribution in [0.3, 0.4) is 0 Å². The lowest BCUT2D eigenvalue weighted by atomic mass is 10.2. The number of aromatic nitrogens is 2. The molecule has 0 fully saturated rings. The lowest BCUT2D eigenvalue weighted by molar-refractivity contribution is 1.26. The minimum Gasteiger partial charge on any atom is -0.396 e.